The lowest BCUT2D eigenvalue weighted by Gasteiger charge is -2.44. The van der Waals surface area contributed by atoms with E-state index in [1.165, 1.54) is 25.9 Å². The third-order valence-corrected chi connectivity index (χ3v) is 3.96. The highest BCUT2D eigenvalue weighted by atomic mass is 15.2. The highest BCUT2D eigenvalue weighted by Gasteiger charge is 2.30. The molecule has 0 aromatic rings. The summed E-state index contributed by atoms with van der Waals surface area (Å²) in [6, 6.07) is 2.12. The molecule has 1 N–H and O–H groups in total. The molecule has 2 heteroatoms. The van der Waals surface area contributed by atoms with Crippen molar-refractivity contribution in [3.8, 4) is 0 Å². The van der Waals surface area contributed by atoms with Gasteiger partial charge < -0.3 is 5.32 Å². The smallest absolute Gasteiger partial charge is 0.0221 e. The molecule has 15 heavy (non-hydrogen) atoms. The predicted molar refractivity (Wildman–Crippen MR) is 67.2 cm³/mol. The van der Waals surface area contributed by atoms with E-state index in [0.29, 0.717) is 12.1 Å². The van der Waals surface area contributed by atoms with Crippen LogP contribution in [0.2, 0.25) is 0 Å². The highest BCUT2D eigenvalue weighted by Crippen LogP contribution is 2.19. The van der Waals surface area contributed by atoms with Crippen molar-refractivity contribution >= 4 is 0 Å². The summed E-state index contributed by atoms with van der Waals surface area (Å²) < 4.78 is 0. The van der Waals surface area contributed by atoms with Gasteiger partial charge in [0.2, 0.25) is 0 Å². The van der Waals surface area contributed by atoms with E-state index in [0.717, 1.165) is 12.0 Å². The Balaban J connectivity index is 2.57. The van der Waals surface area contributed by atoms with Crippen molar-refractivity contribution in [1.29, 1.82) is 0 Å². The Bertz CT molecular complexity index is 179. The number of nitrogens with zero attached hydrogens (tertiary/aromatic N) is 1. The van der Waals surface area contributed by atoms with E-state index < -0.39 is 0 Å². The maximum atomic E-state index is 3.71. The van der Waals surface area contributed by atoms with Gasteiger partial charge in [-0.05, 0) is 26.2 Å². The molecule has 2 nitrogen and oxygen atoms in total. The van der Waals surface area contributed by atoms with Gasteiger partial charge in [-0.3, -0.25) is 4.90 Å². The van der Waals surface area contributed by atoms with Crippen LogP contribution in [-0.2, 0) is 0 Å². The van der Waals surface area contributed by atoms with Gasteiger partial charge in [0.25, 0.3) is 0 Å². The van der Waals surface area contributed by atoms with Crippen LogP contribution >= 0.6 is 0 Å². The molecule has 0 aromatic heterocycles. The first-order valence-electron chi connectivity index (χ1n) is 6.59. The van der Waals surface area contributed by atoms with E-state index in [1.54, 1.807) is 0 Å². The molecule has 1 saturated heterocycles. The normalized spacial score (nSPS) is 30.8. The van der Waals surface area contributed by atoms with Gasteiger partial charge in [-0.15, -0.1) is 0 Å². The first-order chi connectivity index (χ1) is 7.10. The summed E-state index contributed by atoms with van der Waals surface area (Å²) in [6.07, 6.45) is 2.54. The van der Waals surface area contributed by atoms with Crippen LogP contribution in [0.1, 0.15) is 47.5 Å². The van der Waals surface area contributed by atoms with Gasteiger partial charge in [-0.25, -0.2) is 0 Å². The van der Waals surface area contributed by atoms with Crippen LogP contribution in [0.4, 0.5) is 0 Å². The number of hydrogen-bond donors (Lipinski definition) is 1. The first kappa shape index (κ1) is 13.0. The van der Waals surface area contributed by atoms with Crippen molar-refractivity contribution in [1.82, 2.24) is 10.2 Å². The molecule has 1 rings (SSSR count). The van der Waals surface area contributed by atoms with E-state index in [4.69, 9.17) is 0 Å². The second-order valence-electron chi connectivity index (χ2n) is 5.25. The molecule has 0 saturated carbocycles. The lowest BCUT2D eigenvalue weighted by molar-refractivity contribution is 0.0778. The third kappa shape index (κ3) is 3.18. The van der Waals surface area contributed by atoms with Crippen LogP contribution in [-0.4, -0.2) is 36.1 Å². The standard InChI is InChI=1S/C13H28N2/c1-6-11(5)13-9-15(10(3)4)12(7-2)8-14-13/h10-14H,6-9H2,1-5H3. The molecule has 0 radical (unpaired) electrons. The van der Waals surface area contributed by atoms with Crippen molar-refractivity contribution < 1.29 is 0 Å². The van der Waals surface area contributed by atoms with E-state index in [9.17, 15) is 0 Å². The zero-order valence-corrected chi connectivity index (χ0v) is 11.1. The van der Waals surface area contributed by atoms with Crippen molar-refractivity contribution in [2.45, 2.75) is 65.6 Å². The summed E-state index contributed by atoms with van der Waals surface area (Å²) in [7, 11) is 0. The monoisotopic (exact) mass is 212 g/mol. The molecule has 90 valence electrons. The Morgan fingerprint density at radius 3 is 2.40 bits per heavy atom. The molecule has 0 amide bonds. The van der Waals surface area contributed by atoms with E-state index in [2.05, 4.69) is 44.8 Å². The van der Waals surface area contributed by atoms with Gasteiger partial charge in [0.1, 0.15) is 0 Å². The Hall–Kier alpha value is -0.0800. The van der Waals surface area contributed by atoms with Crippen LogP contribution in [0.15, 0.2) is 0 Å². The van der Waals surface area contributed by atoms with Gasteiger partial charge in [0, 0.05) is 31.2 Å². The van der Waals surface area contributed by atoms with Crippen LogP contribution in [0.5, 0.6) is 0 Å². The second kappa shape index (κ2) is 5.86. The molecule has 0 aromatic carbocycles. The van der Waals surface area contributed by atoms with Gasteiger partial charge in [-0.1, -0.05) is 27.2 Å². The average Bonchev–Trinajstić information content (AvgIpc) is 2.27. The zero-order valence-electron chi connectivity index (χ0n) is 11.1. The number of hydrogen-bond acceptors (Lipinski definition) is 2. The van der Waals surface area contributed by atoms with Crippen molar-refractivity contribution in [3.05, 3.63) is 0 Å². The summed E-state index contributed by atoms with van der Waals surface area (Å²) in [5.74, 6) is 0.795. The first-order valence-corrected chi connectivity index (χ1v) is 6.59. The van der Waals surface area contributed by atoms with Gasteiger partial charge in [0.05, 0.1) is 0 Å². The average molecular weight is 212 g/mol. The van der Waals surface area contributed by atoms with Gasteiger partial charge >= 0.3 is 0 Å². The molecule has 1 fully saturated rings. The summed E-state index contributed by atoms with van der Waals surface area (Å²) >= 11 is 0. The molecule has 0 aliphatic carbocycles. The maximum absolute atomic E-state index is 3.71. The minimum absolute atomic E-state index is 0.684. The van der Waals surface area contributed by atoms with Crippen molar-refractivity contribution in [2.75, 3.05) is 13.1 Å². The summed E-state index contributed by atoms with van der Waals surface area (Å²) in [6.45, 7) is 14.0. The Morgan fingerprint density at radius 2 is 1.93 bits per heavy atom. The maximum Gasteiger partial charge on any atom is 0.0221 e. The molecule has 1 heterocycles. The summed E-state index contributed by atoms with van der Waals surface area (Å²) in [5, 5.41) is 3.71. The zero-order chi connectivity index (χ0) is 11.4. The van der Waals surface area contributed by atoms with Crippen LogP contribution in [0.25, 0.3) is 0 Å². The minimum atomic E-state index is 0.684. The lowest BCUT2D eigenvalue weighted by Crippen LogP contribution is -2.59. The van der Waals surface area contributed by atoms with E-state index in [1.807, 2.05) is 0 Å². The number of rotatable bonds is 4. The van der Waals surface area contributed by atoms with Gasteiger partial charge in [0.15, 0.2) is 0 Å². The third-order valence-electron chi connectivity index (χ3n) is 3.96. The number of piperazine rings is 1. The van der Waals surface area contributed by atoms with Crippen LogP contribution in [0, 0.1) is 5.92 Å². The van der Waals surface area contributed by atoms with Crippen molar-refractivity contribution in [3.63, 3.8) is 0 Å². The molecule has 0 bridgehead atoms. The van der Waals surface area contributed by atoms with E-state index >= 15 is 0 Å². The Kier molecular flexibility index (Phi) is 5.07. The van der Waals surface area contributed by atoms with E-state index in [-0.39, 0.29) is 0 Å². The fraction of sp³-hybridized carbons (Fsp3) is 1.00. The largest absolute Gasteiger partial charge is 0.311 e. The Morgan fingerprint density at radius 1 is 1.27 bits per heavy atom. The highest BCUT2D eigenvalue weighted by molar-refractivity contribution is 4.89. The summed E-state index contributed by atoms with van der Waals surface area (Å²) in [4.78, 5) is 2.67. The molecule has 1 aliphatic rings. The van der Waals surface area contributed by atoms with Crippen LogP contribution in [0.3, 0.4) is 0 Å². The molecule has 0 spiro atoms. The fourth-order valence-corrected chi connectivity index (χ4v) is 2.52. The molecular weight excluding hydrogens is 184 g/mol. The van der Waals surface area contributed by atoms with Gasteiger partial charge in [-0.2, -0.15) is 0 Å². The molecule has 3 unspecified atom stereocenters. The molecule has 1 aliphatic heterocycles. The number of nitrogens with one attached hydrogen (secondary N) is 1. The molecular formula is C13H28N2. The summed E-state index contributed by atoms with van der Waals surface area (Å²) in [5.41, 5.74) is 0. The topological polar surface area (TPSA) is 15.3 Å². The minimum Gasteiger partial charge on any atom is -0.311 e. The van der Waals surface area contributed by atoms with Crippen LogP contribution < -0.4 is 5.32 Å². The Labute approximate surface area is 95.4 Å². The fourth-order valence-electron chi connectivity index (χ4n) is 2.52. The second-order valence-corrected chi connectivity index (χ2v) is 5.25. The predicted octanol–water partition coefficient (Wildman–Crippen LogP) is 2.49. The SMILES string of the molecule is CCC(C)C1CN(C(C)C)C(CC)CN1. The lowest BCUT2D eigenvalue weighted by atomic mass is 9.94. The quantitative estimate of drug-likeness (QED) is 0.770. The molecule has 3 atom stereocenters. The van der Waals surface area contributed by atoms with Crippen molar-refractivity contribution in [2.24, 2.45) is 5.92 Å².